The molecular formula is C9H5ClF3N3OS. The number of alkyl halides is 3. The molecule has 0 bridgehead atoms. The van der Waals surface area contributed by atoms with Gasteiger partial charge in [0.25, 0.3) is 5.56 Å². The summed E-state index contributed by atoms with van der Waals surface area (Å²) in [4.78, 5) is 11.5. The Hall–Kier alpha value is -1.41. The quantitative estimate of drug-likeness (QED) is 0.855. The maximum atomic E-state index is 12.7. The number of halogens is 4. The molecule has 9 heteroatoms. The van der Waals surface area contributed by atoms with Crippen molar-refractivity contribution in [1.82, 2.24) is 14.2 Å². The van der Waals surface area contributed by atoms with E-state index < -0.39 is 17.4 Å². The second-order valence-corrected chi connectivity index (χ2v) is 4.68. The van der Waals surface area contributed by atoms with Crippen molar-refractivity contribution < 1.29 is 13.2 Å². The van der Waals surface area contributed by atoms with E-state index >= 15 is 0 Å². The van der Waals surface area contributed by atoms with Gasteiger partial charge in [0.05, 0.1) is 6.54 Å². The molecule has 0 aliphatic carbocycles. The molecule has 0 aliphatic rings. The van der Waals surface area contributed by atoms with E-state index in [-0.39, 0.29) is 16.6 Å². The Morgan fingerprint density at radius 3 is 2.67 bits per heavy atom. The van der Waals surface area contributed by atoms with Crippen LogP contribution < -0.4 is 5.56 Å². The molecule has 0 aliphatic heterocycles. The van der Waals surface area contributed by atoms with Crippen LogP contribution in [0.25, 0.3) is 0 Å². The van der Waals surface area contributed by atoms with Gasteiger partial charge in [-0.3, -0.25) is 9.36 Å². The Balaban J connectivity index is 2.51. The number of nitrogens with zero attached hydrogens (tertiary/aromatic N) is 3. The summed E-state index contributed by atoms with van der Waals surface area (Å²) < 4.78 is 42.4. The van der Waals surface area contributed by atoms with Gasteiger partial charge < -0.3 is 0 Å². The van der Waals surface area contributed by atoms with E-state index in [1.54, 1.807) is 0 Å². The van der Waals surface area contributed by atoms with Crippen LogP contribution in [0.3, 0.4) is 0 Å². The summed E-state index contributed by atoms with van der Waals surface area (Å²) in [6.07, 6.45) is -4.61. The molecule has 0 fully saturated rings. The van der Waals surface area contributed by atoms with Gasteiger partial charge in [-0.25, -0.2) is 0 Å². The highest BCUT2D eigenvalue weighted by Gasteiger charge is 2.34. The third-order valence-corrected chi connectivity index (χ3v) is 3.14. The van der Waals surface area contributed by atoms with Crippen LogP contribution >= 0.6 is 23.1 Å². The lowest BCUT2D eigenvalue weighted by Crippen LogP contribution is -2.27. The third-order valence-electron chi connectivity index (χ3n) is 2.16. The summed E-state index contributed by atoms with van der Waals surface area (Å²) in [6.45, 7) is -0.357. The van der Waals surface area contributed by atoms with Crippen LogP contribution in [0, 0.1) is 0 Å². The smallest absolute Gasteiger partial charge is 0.298 e. The minimum atomic E-state index is -4.61. The van der Waals surface area contributed by atoms with Crippen LogP contribution in [0.15, 0.2) is 23.0 Å². The fourth-order valence-electron chi connectivity index (χ4n) is 1.37. The van der Waals surface area contributed by atoms with E-state index in [4.69, 9.17) is 11.6 Å². The lowest BCUT2D eigenvalue weighted by molar-refractivity contribution is -0.144. The molecule has 18 heavy (non-hydrogen) atoms. The largest absolute Gasteiger partial charge is 0.431 e. The van der Waals surface area contributed by atoms with Crippen LogP contribution in [-0.2, 0) is 12.7 Å². The first-order valence-electron chi connectivity index (χ1n) is 4.63. The Labute approximate surface area is 108 Å². The zero-order valence-electron chi connectivity index (χ0n) is 8.61. The molecule has 0 amide bonds. The van der Waals surface area contributed by atoms with E-state index in [1.165, 1.54) is 0 Å². The van der Waals surface area contributed by atoms with Crippen LogP contribution in [0.1, 0.15) is 11.4 Å². The minimum absolute atomic E-state index is 0.139. The maximum absolute atomic E-state index is 12.7. The van der Waals surface area contributed by atoms with Gasteiger partial charge in [0.1, 0.15) is 15.7 Å². The van der Waals surface area contributed by atoms with Gasteiger partial charge in [0.15, 0.2) is 0 Å². The van der Waals surface area contributed by atoms with E-state index in [9.17, 15) is 18.0 Å². The van der Waals surface area contributed by atoms with Crippen LogP contribution in [0.2, 0.25) is 4.34 Å². The SMILES string of the molecule is O=c1cccc(C(F)(F)F)n1Cc1nnsc1Cl. The van der Waals surface area contributed by atoms with Gasteiger partial charge in [-0.2, -0.15) is 13.2 Å². The van der Waals surface area contributed by atoms with E-state index in [2.05, 4.69) is 9.59 Å². The van der Waals surface area contributed by atoms with Crippen molar-refractivity contribution in [3.8, 4) is 0 Å². The lowest BCUT2D eigenvalue weighted by atomic mass is 10.3. The molecule has 0 aromatic carbocycles. The number of rotatable bonds is 2. The van der Waals surface area contributed by atoms with E-state index in [0.29, 0.717) is 4.57 Å². The van der Waals surface area contributed by atoms with Crippen molar-refractivity contribution in [2.75, 3.05) is 0 Å². The summed E-state index contributed by atoms with van der Waals surface area (Å²) >= 11 is 6.56. The van der Waals surface area contributed by atoms with Crippen LogP contribution in [-0.4, -0.2) is 14.2 Å². The lowest BCUT2D eigenvalue weighted by Gasteiger charge is -2.13. The molecule has 4 nitrogen and oxygen atoms in total. The fourth-order valence-corrected chi connectivity index (χ4v) is 1.98. The number of hydrogen-bond acceptors (Lipinski definition) is 4. The summed E-state index contributed by atoms with van der Waals surface area (Å²) in [6, 6.07) is 2.93. The topological polar surface area (TPSA) is 47.8 Å². The maximum Gasteiger partial charge on any atom is 0.431 e. The number of hydrogen-bond donors (Lipinski definition) is 0. The highest BCUT2D eigenvalue weighted by atomic mass is 35.5. The summed E-state index contributed by atoms with van der Waals surface area (Å²) in [5.41, 5.74) is -1.67. The van der Waals surface area contributed by atoms with Crippen molar-refractivity contribution in [3.63, 3.8) is 0 Å². The monoisotopic (exact) mass is 295 g/mol. The van der Waals surface area contributed by atoms with Gasteiger partial charge in [-0.05, 0) is 6.07 Å². The van der Waals surface area contributed by atoms with Crippen LogP contribution in [0.5, 0.6) is 0 Å². The van der Waals surface area contributed by atoms with Crippen LogP contribution in [0.4, 0.5) is 13.2 Å². The second kappa shape index (κ2) is 4.69. The molecule has 96 valence electrons. The molecule has 0 radical (unpaired) electrons. The molecule has 0 saturated heterocycles. The predicted molar refractivity (Wildman–Crippen MR) is 59.7 cm³/mol. The highest BCUT2D eigenvalue weighted by molar-refractivity contribution is 7.10. The zero-order valence-corrected chi connectivity index (χ0v) is 10.2. The first-order valence-corrected chi connectivity index (χ1v) is 5.78. The zero-order chi connectivity index (χ0) is 13.3. The molecule has 2 rings (SSSR count). The standard InChI is InChI=1S/C9H5ClF3N3OS/c10-8-5(14-15-18-8)4-16-6(9(11,12)13)2-1-3-7(16)17/h1-3H,4H2. The summed E-state index contributed by atoms with van der Waals surface area (Å²) in [5, 5.41) is 3.58. The molecule has 0 atom stereocenters. The Kier molecular flexibility index (Phi) is 3.40. The minimum Gasteiger partial charge on any atom is -0.298 e. The van der Waals surface area contributed by atoms with Gasteiger partial charge in [-0.1, -0.05) is 22.2 Å². The highest BCUT2D eigenvalue weighted by Crippen LogP contribution is 2.29. The molecule has 2 heterocycles. The van der Waals surface area contributed by atoms with Gasteiger partial charge in [0.2, 0.25) is 0 Å². The fraction of sp³-hybridized carbons (Fsp3) is 0.222. The van der Waals surface area contributed by atoms with Gasteiger partial charge in [-0.15, -0.1) is 5.10 Å². The summed E-state index contributed by atoms with van der Waals surface area (Å²) in [5.74, 6) is 0. The van der Waals surface area contributed by atoms with Gasteiger partial charge in [0, 0.05) is 17.6 Å². The molecule has 0 saturated carbocycles. The average molecular weight is 296 g/mol. The number of aromatic nitrogens is 3. The predicted octanol–water partition coefficient (Wildman–Crippen LogP) is 2.42. The Morgan fingerprint density at radius 2 is 2.11 bits per heavy atom. The van der Waals surface area contributed by atoms with Crippen molar-refractivity contribution in [3.05, 3.63) is 44.3 Å². The molecule has 0 N–H and O–H groups in total. The molecule has 0 unspecified atom stereocenters. The van der Waals surface area contributed by atoms with E-state index in [0.717, 1.165) is 29.7 Å². The molecule has 2 aromatic rings. The normalized spacial score (nSPS) is 11.8. The van der Waals surface area contributed by atoms with Gasteiger partial charge >= 0.3 is 6.18 Å². The van der Waals surface area contributed by atoms with Crippen molar-refractivity contribution in [1.29, 1.82) is 0 Å². The average Bonchev–Trinajstić information content (AvgIpc) is 2.66. The Morgan fingerprint density at radius 1 is 1.39 bits per heavy atom. The van der Waals surface area contributed by atoms with Crippen molar-refractivity contribution in [2.45, 2.75) is 12.7 Å². The number of pyridine rings is 1. The summed E-state index contributed by atoms with van der Waals surface area (Å²) in [7, 11) is 0. The van der Waals surface area contributed by atoms with Crippen molar-refractivity contribution >= 4 is 23.1 Å². The molecule has 2 aromatic heterocycles. The second-order valence-electron chi connectivity index (χ2n) is 3.33. The van der Waals surface area contributed by atoms with Crippen molar-refractivity contribution in [2.24, 2.45) is 0 Å². The first kappa shape index (κ1) is 13.0. The Bertz CT molecular complexity index is 622. The third kappa shape index (κ3) is 2.54. The first-order chi connectivity index (χ1) is 8.39. The molecular weight excluding hydrogens is 291 g/mol. The van der Waals surface area contributed by atoms with E-state index in [1.807, 2.05) is 0 Å². The molecule has 0 spiro atoms.